The van der Waals surface area contributed by atoms with Gasteiger partial charge in [0.15, 0.2) is 11.6 Å². The molecule has 0 atom stereocenters. The third-order valence-corrected chi connectivity index (χ3v) is 3.15. The van der Waals surface area contributed by atoms with E-state index in [1.165, 1.54) is 24.3 Å². The predicted octanol–water partition coefficient (Wildman–Crippen LogP) is 3.49. The third-order valence-electron chi connectivity index (χ3n) is 2.91. The van der Waals surface area contributed by atoms with Crippen molar-refractivity contribution in [2.75, 3.05) is 0 Å². The van der Waals surface area contributed by atoms with Gasteiger partial charge in [0, 0.05) is 5.56 Å². The van der Waals surface area contributed by atoms with Crippen molar-refractivity contribution in [3.05, 3.63) is 64.7 Å². The van der Waals surface area contributed by atoms with Crippen LogP contribution in [-0.2, 0) is 6.61 Å². The van der Waals surface area contributed by atoms with Crippen molar-refractivity contribution in [2.45, 2.75) is 13.5 Å². The van der Waals surface area contributed by atoms with Crippen molar-refractivity contribution >= 4 is 17.2 Å². The molecule has 5 heteroatoms. The van der Waals surface area contributed by atoms with Gasteiger partial charge in [0.05, 0.1) is 0 Å². The predicted molar refractivity (Wildman–Crippen MR) is 77.8 cm³/mol. The quantitative estimate of drug-likeness (QED) is 0.877. The minimum Gasteiger partial charge on any atom is -0.486 e. The van der Waals surface area contributed by atoms with Crippen molar-refractivity contribution in [1.82, 2.24) is 0 Å². The smallest absolute Gasteiger partial charge is 0.165 e. The molecule has 0 saturated carbocycles. The van der Waals surface area contributed by atoms with E-state index in [0.717, 1.165) is 5.56 Å². The molecule has 0 spiro atoms. The minimum atomic E-state index is -0.552. The molecule has 0 bridgehead atoms. The zero-order valence-corrected chi connectivity index (χ0v) is 11.6. The third kappa shape index (κ3) is 3.30. The zero-order valence-electron chi connectivity index (χ0n) is 10.8. The molecule has 20 heavy (non-hydrogen) atoms. The number of rotatable bonds is 4. The van der Waals surface area contributed by atoms with E-state index in [-0.39, 0.29) is 23.2 Å². The van der Waals surface area contributed by atoms with Crippen molar-refractivity contribution in [2.24, 2.45) is 5.73 Å². The van der Waals surface area contributed by atoms with Gasteiger partial charge in [-0.3, -0.25) is 0 Å². The fourth-order valence-corrected chi connectivity index (χ4v) is 1.85. The molecule has 2 nitrogen and oxygen atoms in total. The Bertz CT molecular complexity index is 658. The molecule has 2 rings (SSSR count). The molecule has 2 N–H and O–H groups in total. The van der Waals surface area contributed by atoms with Gasteiger partial charge in [0.1, 0.15) is 17.4 Å². The molecule has 0 aromatic heterocycles. The molecular weight excluding hydrogens is 280 g/mol. The van der Waals surface area contributed by atoms with Crippen LogP contribution in [0.4, 0.5) is 8.78 Å². The first-order chi connectivity index (χ1) is 9.47. The lowest BCUT2D eigenvalue weighted by Crippen LogP contribution is -2.10. The van der Waals surface area contributed by atoms with Crippen LogP contribution in [0.1, 0.15) is 16.7 Å². The first-order valence-corrected chi connectivity index (χ1v) is 6.35. The van der Waals surface area contributed by atoms with Gasteiger partial charge in [0.2, 0.25) is 0 Å². The lowest BCUT2D eigenvalue weighted by molar-refractivity contribution is 0.289. The van der Waals surface area contributed by atoms with Crippen LogP contribution in [0.15, 0.2) is 36.4 Å². The van der Waals surface area contributed by atoms with Gasteiger partial charge >= 0.3 is 0 Å². The van der Waals surface area contributed by atoms with Crippen LogP contribution >= 0.6 is 12.2 Å². The van der Waals surface area contributed by atoms with Crippen LogP contribution in [0.25, 0.3) is 0 Å². The van der Waals surface area contributed by atoms with E-state index in [2.05, 4.69) is 0 Å². The number of ether oxygens (including phenoxy) is 1. The molecule has 0 radical (unpaired) electrons. The van der Waals surface area contributed by atoms with Gasteiger partial charge in [-0.05, 0) is 48.4 Å². The Morgan fingerprint density at radius 1 is 1.20 bits per heavy atom. The fraction of sp³-hybridized carbons (Fsp3) is 0.133. The second-order valence-electron chi connectivity index (χ2n) is 4.37. The number of thiocarbonyl (C=S) groups is 1. The highest BCUT2D eigenvalue weighted by atomic mass is 32.1. The van der Waals surface area contributed by atoms with E-state index in [1.54, 1.807) is 12.1 Å². The Morgan fingerprint density at radius 2 is 1.95 bits per heavy atom. The van der Waals surface area contributed by atoms with Gasteiger partial charge in [-0.15, -0.1) is 0 Å². The molecule has 2 aromatic rings. The maximum atomic E-state index is 13.8. The highest BCUT2D eigenvalue weighted by Crippen LogP contribution is 2.20. The average molecular weight is 293 g/mol. The number of hydrogen-bond acceptors (Lipinski definition) is 2. The van der Waals surface area contributed by atoms with Gasteiger partial charge in [-0.1, -0.05) is 18.3 Å². The Hall–Kier alpha value is -2.01. The molecule has 0 aliphatic heterocycles. The van der Waals surface area contributed by atoms with Gasteiger partial charge in [0.25, 0.3) is 0 Å². The molecule has 0 saturated heterocycles. The zero-order chi connectivity index (χ0) is 14.7. The van der Waals surface area contributed by atoms with E-state index < -0.39 is 5.82 Å². The van der Waals surface area contributed by atoms with E-state index in [4.69, 9.17) is 22.7 Å². The van der Waals surface area contributed by atoms with Crippen LogP contribution < -0.4 is 10.5 Å². The lowest BCUT2D eigenvalue weighted by Gasteiger charge is -2.10. The highest BCUT2D eigenvalue weighted by Gasteiger charge is 2.08. The second kappa shape index (κ2) is 5.96. The first kappa shape index (κ1) is 14.4. The number of aryl methyl sites for hydroxylation is 1. The maximum absolute atomic E-state index is 13.8. The van der Waals surface area contributed by atoms with E-state index in [0.29, 0.717) is 11.1 Å². The maximum Gasteiger partial charge on any atom is 0.165 e. The van der Waals surface area contributed by atoms with E-state index in [1.807, 2.05) is 6.92 Å². The molecule has 0 fully saturated rings. The van der Waals surface area contributed by atoms with E-state index >= 15 is 0 Å². The monoisotopic (exact) mass is 293 g/mol. The second-order valence-corrected chi connectivity index (χ2v) is 4.81. The summed E-state index contributed by atoms with van der Waals surface area (Å²) in [6.07, 6.45) is 0. The van der Waals surface area contributed by atoms with Crippen LogP contribution in [-0.4, -0.2) is 4.99 Å². The topological polar surface area (TPSA) is 35.2 Å². The van der Waals surface area contributed by atoms with Gasteiger partial charge < -0.3 is 10.5 Å². The summed E-state index contributed by atoms with van der Waals surface area (Å²) in [7, 11) is 0. The largest absolute Gasteiger partial charge is 0.486 e. The van der Waals surface area contributed by atoms with Crippen molar-refractivity contribution < 1.29 is 13.5 Å². The highest BCUT2D eigenvalue weighted by molar-refractivity contribution is 7.80. The van der Waals surface area contributed by atoms with Crippen LogP contribution in [0.3, 0.4) is 0 Å². The summed E-state index contributed by atoms with van der Waals surface area (Å²) in [5.41, 5.74) is 7.40. The summed E-state index contributed by atoms with van der Waals surface area (Å²) < 4.78 is 32.3. The van der Waals surface area contributed by atoms with Crippen LogP contribution in [0.2, 0.25) is 0 Å². The fourth-order valence-electron chi connectivity index (χ4n) is 1.72. The minimum absolute atomic E-state index is 0.0775. The molecule has 0 unspecified atom stereocenters. The standard InChI is InChI=1S/C15H13F2NOS/c1-9-2-4-12(16)6-11(9)8-19-14-5-3-10(15(18)20)7-13(14)17/h2-7H,8H2,1H3,(H2,18,20). The Balaban J connectivity index is 2.15. The molecule has 0 aliphatic rings. The molecule has 0 aliphatic carbocycles. The number of benzene rings is 2. The first-order valence-electron chi connectivity index (χ1n) is 5.94. The molecule has 2 aromatic carbocycles. The summed E-state index contributed by atoms with van der Waals surface area (Å²) in [5.74, 6) is -0.823. The molecule has 104 valence electrons. The van der Waals surface area contributed by atoms with Gasteiger partial charge in [-0.25, -0.2) is 8.78 Å². The van der Waals surface area contributed by atoms with Crippen LogP contribution in [0, 0.1) is 18.6 Å². The Morgan fingerprint density at radius 3 is 2.60 bits per heavy atom. The molecule has 0 amide bonds. The summed E-state index contributed by atoms with van der Waals surface area (Å²) >= 11 is 4.77. The Labute approximate surface area is 121 Å². The number of nitrogens with two attached hydrogens (primary N) is 1. The normalized spacial score (nSPS) is 10.3. The summed E-state index contributed by atoms with van der Waals surface area (Å²) in [4.78, 5) is 0.122. The summed E-state index contributed by atoms with van der Waals surface area (Å²) in [6.45, 7) is 1.93. The average Bonchev–Trinajstić information content (AvgIpc) is 2.40. The SMILES string of the molecule is Cc1ccc(F)cc1COc1ccc(C(N)=S)cc1F. The van der Waals surface area contributed by atoms with Gasteiger partial charge in [-0.2, -0.15) is 0 Å². The van der Waals surface area contributed by atoms with Crippen molar-refractivity contribution in [3.63, 3.8) is 0 Å². The molecule has 0 heterocycles. The van der Waals surface area contributed by atoms with Crippen molar-refractivity contribution in [3.8, 4) is 5.75 Å². The number of hydrogen-bond donors (Lipinski definition) is 1. The molecular formula is C15H13F2NOS. The van der Waals surface area contributed by atoms with Crippen LogP contribution in [0.5, 0.6) is 5.75 Å². The Kier molecular flexibility index (Phi) is 4.29. The van der Waals surface area contributed by atoms with Crippen molar-refractivity contribution in [1.29, 1.82) is 0 Å². The lowest BCUT2D eigenvalue weighted by atomic mass is 10.1. The van der Waals surface area contributed by atoms with E-state index in [9.17, 15) is 8.78 Å². The summed E-state index contributed by atoms with van der Waals surface area (Å²) in [6, 6.07) is 8.65. The number of halogens is 2. The summed E-state index contributed by atoms with van der Waals surface area (Å²) in [5, 5.41) is 0.